The van der Waals surface area contributed by atoms with Gasteiger partial charge in [-0.25, -0.2) is 0 Å². The number of carbonyl (C=O) groups excluding carboxylic acids is 1. The van der Waals surface area contributed by atoms with Crippen LogP contribution in [0.25, 0.3) is 0 Å². The summed E-state index contributed by atoms with van der Waals surface area (Å²) in [6, 6.07) is 4.26. The van der Waals surface area contributed by atoms with Crippen LogP contribution in [-0.4, -0.2) is 33.9 Å². The molecule has 0 aliphatic carbocycles. The van der Waals surface area contributed by atoms with E-state index in [0.717, 1.165) is 5.71 Å². The van der Waals surface area contributed by atoms with E-state index in [9.17, 15) is 9.90 Å². The number of carbonyl (C=O) groups is 1. The lowest BCUT2D eigenvalue weighted by Crippen LogP contribution is -2.32. The molecule has 0 radical (unpaired) electrons. The van der Waals surface area contributed by atoms with Crippen molar-refractivity contribution in [2.75, 3.05) is 11.9 Å². The van der Waals surface area contributed by atoms with Crippen molar-refractivity contribution < 1.29 is 19.5 Å². The van der Waals surface area contributed by atoms with E-state index in [2.05, 4.69) is 15.5 Å². The average molecular weight is 410 g/mol. The SMILES string of the molecule is CC1=NOC(C)(COc2cc(C(=O)Nc3c(Cl)cncc3Cl)ccc2O)C1. The number of phenolic OH excluding ortho intramolecular Hbond substituents is 1. The van der Waals surface area contributed by atoms with Crippen LogP contribution in [0, 0.1) is 0 Å². The van der Waals surface area contributed by atoms with Crippen LogP contribution in [0.3, 0.4) is 0 Å². The molecule has 1 aromatic heterocycles. The Kier molecular flexibility index (Phi) is 5.43. The fourth-order valence-corrected chi connectivity index (χ4v) is 3.05. The van der Waals surface area contributed by atoms with Gasteiger partial charge in [0.05, 0.1) is 21.4 Å². The molecular formula is C18H17Cl2N3O4. The average Bonchev–Trinajstić information content (AvgIpc) is 2.96. The Morgan fingerprint density at radius 3 is 2.70 bits per heavy atom. The zero-order valence-corrected chi connectivity index (χ0v) is 16.1. The van der Waals surface area contributed by atoms with Crippen molar-refractivity contribution in [1.82, 2.24) is 4.98 Å². The Labute approximate surface area is 165 Å². The second-order valence-electron chi connectivity index (χ2n) is 6.45. The highest BCUT2D eigenvalue weighted by Crippen LogP contribution is 2.32. The number of rotatable bonds is 5. The molecule has 1 aromatic carbocycles. The number of aromatic nitrogens is 1. The van der Waals surface area contributed by atoms with Gasteiger partial charge in [-0.05, 0) is 32.0 Å². The minimum Gasteiger partial charge on any atom is -0.504 e. The van der Waals surface area contributed by atoms with E-state index in [1.54, 1.807) is 0 Å². The zero-order chi connectivity index (χ0) is 19.6. The number of phenols is 1. The molecule has 2 N–H and O–H groups in total. The van der Waals surface area contributed by atoms with Crippen molar-refractivity contribution in [3.8, 4) is 11.5 Å². The Balaban J connectivity index is 1.74. The van der Waals surface area contributed by atoms with Gasteiger partial charge >= 0.3 is 0 Å². The van der Waals surface area contributed by atoms with Crippen LogP contribution in [0.5, 0.6) is 11.5 Å². The van der Waals surface area contributed by atoms with Crippen molar-refractivity contribution in [3.05, 3.63) is 46.2 Å². The van der Waals surface area contributed by atoms with Gasteiger partial charge in [-0.1, -0.05) is 28.4 Å². The molecule has 0 spiro atoms. The fraction of sp³-hybridized carbons (Fsp3) is 0.278. The number of nitrogens with zero attached hydrogens (tertiary/aromatic N) is 2. The number of benzene rings is 1. The fourth-order valence-electron chi connectivity index (χ4n) is 2.59. The highest BCUT2D eigenvalue weighted by molar-refractivity contribution is 6.39. The molecule has 1 atom stereocenters. The third-order valence-corrected chi connectivity index (χ3v) is 4.47. The molecular weight excluding hydrogens is 393 g/mol. The summed E-state index contributed by atoms with van der Waals surface area (Å²) in [7, 11) is 0. The maximum atomic E-state index is 12.5. The van der Waals surface area contributed by atoms with Gasteiger partial charge in [0.2, 0.25) is 0 Å². The molecule has 0 fully saturated rings. The molecule has 3 rings (SSSR count). The first-order valence-electron chi connectivity index (χ1n) is 8.05. The number of nitrogens with one attached hydrogen (secondary N) is 1. The van der Waals surface area contributed by atoms with Crippen LogP contribution in [0.2, 0.25) is 10.0 Å². The molecule has 27 heavy (non-hydrogen) atoms. The second kappa shape index (κ2) is 7.62. The summed E-state index contributed by atoms with van der Waals surface area (Å²) < 4.78 is 5.67. The molecule has 2 aromatic rings. The van der Waals surface area contributed by atoms with Crippen LogP contribution in [0.15, 0.2) is 35.7 Å². The molecule has 1 unspecified atom stereocenters. The number of aromatic hydroxyl groups is 1. The topological polar surface area (TPSA) is 93.0 Å². The van der Waals surface area contributed by atoms with Crippen LogP contribution in [-0.2, 0) is 4.84 Å². The van der Waals surface area contributed by atoms with Gasteiger partial charge in [-0.3, -0.25) is 9.78 Å². The second-order valence-corrected chi connectivity index (χ2v) is 7.26. The first-order chi connectivity index (χ1) is 12.8. The number of hydrogen-bond acceptors (Lipinski definition) is 6. The number of halogens is 2. The molecule has 2 heterocycles. The van der Waals surface area contributed by atoms with Gasteiger partial charge in [0.15, 0.2) is 17.1 Å². The predicted octanol–water partition coefficient (Wildman–Crippen LogP) is 4.28. The smallest absolute Gasteiger partial charge is 0.255 e. The number of ether oxygens (including phenoxy) is 1. The van der Waals surface area contributed by atoms with Crippen molar-refractivity contribution in [2.45, 2.75) is 25.9 Å². The Morgan fingerprint density at radius 1 is 1.37 bits per heavy atom. The van der Waals surface area contributed by atoms with Crippen molar-refractivity contribution in [3.63, 3.8) is 0 Å². The Bertz CT molecular complexity index is 899. The van der Waals surface area contributed by atoms with E-state index in [1.807, 2.05) is 13.8 Å². The summed E-state index contributed by atoms with van der Waals surface area (Å²) in [6.07, 6.45) is 3.37. The lowest BCUT2D eigenvalue weighted by Gasteiger charge is -2.22. The van der Waals surface area contributed by atoms with Crippen molar-refractivity contribution in [1.29, 1.82) is 0 Å². The normalized spacial score (nSPS) is 18.6. The summed E-state index contributed by atoms with van der Waals surface area (Å²) >= 11 is 12.0. The van der Waals surface area contributed by atoms with Crippen LogP contribution >= 0.6 is 23.2 Å². The van der Waals surface area contributed by atoms with Crippen LogP contribution in [0.1, 0.15) is 30.6 Å². The van der Waals surface area contributed by atoms with E-state index >= 15 is 0 Å². The van der Waals surface area contributed by atoms with Gasteiger partial charge in [0.25, 0.3) is 5.91 Å². The minimum atomic E-state index is -0.618. The van der Waals surface area contributed by atoms with Crippen molar-refractivity contribution in [2.24, 2.45) is 5.16 Å². The maximum Gasteiger partial charge on any atom is 0.255 e. The van der Waals surface area contributed by atoms with E-state index in [1.165, 1.54) is 30.6 Å². The third kappa shape index (κ3) is 4.43. The molecule has 0 bridgehead atoms. The van der Waals surface area contributed by atoms with Gasteiger partial charge in [-0.2, -0.15) is 0 Å². The molecule has 0 saturated heterocycles. The van der Waals surface area contributed by atoms with E-state index < -0.39 is 11.5 Å². The van der Waals surface area contributed by atoms with Gasteiger partial charge in [0, 0.05) is 24.4 Å². The molecule has 0 saturated carbocycles. The minimum absolute atomic E-state index is 0.0919. The standard InChI is InChI=1S/C18H17Cl2N3O4/c1-10-6-18(2,27-23-10)9-26-15-5-11(3-4-14(15)24)17(25)22-16-12(19)7-21-8-13(16)20/h3-5,7-8,24H,6,9H2,1-2H3,(H,21,22,25). The lowest BCUT2D eigenvalue weighted by molar-refractivity contribution is -0.0361. The molecule has 9 heteroatoms. The molecule has 1 aliphatic heterocycles. The first-order valence-corrected chi connectivity index (χ1v) is 8.81. The van der Waals surface area contributed by atoms with E-state index in [-0.39, 0.29) is 39.4 Å². The van der Waals surface area contributed by atoms with Crippen LogP contribution < -0.4 is 10.1 Å². The largest absolute Gasteiger partial charge is 0.504 e. The van der Waals surface area contributed by atoms with E-state index in [4.69, 9.17) is 32.8 Å². The highest BCUT2D eigenvalue weighted by Gasteiger charge is 2.34. The monoisotopic (exact) mass is 409 g/mol. The summed E-state index contributed by atoms with van der Waals surface area (Å²) in [4.78, 5) is 21.7. The summed E-state index contributed by atoms with van der Waals surface area (Å²) in [5.74, 6) is -0.396. The number of oxime groups is 1. The summed E-state index contributed by atoms with van der Waals surface area (Å²) in [5.41, 5.74) is 0.766. The van der Waals surface area contributed by atoms with Gasteiger partial charge in [0.1, 0.15) is 6.61 Å². The molecule has 7 nitrogen and oxygen atoms in total. The van der Waals surface area contributed by atoms with Gasteiger partial charge < -0.3 is 20.0 Å². The molecule has 1 aliphatic rings. The van der Waals surface area contributed by atoms with E-state index in [0.29, 0.717) is 6.42 Å². The van der Waals surface area contributed by atoms with Crippen LogP contribution in [0.4, 0.5) is 5.69 Å². The first kappa shape index (κ1) is 19.3. The zero-order valence-electron chi connectivity index (χ0n) is 14.6. The highest BCUT2D eigenvalue weighted by atomic mass is 35.5. The maximum absolute atomic E-state index is 12.5. The molecule has 1 amide bonds. The quantitative estimate of drug-likeness (QED) is 0.768. The van der Waals surface area contributed by atoms with Crippen molar-refractivity contribution >= 4 is 40.5 Å². The summed E-state index contributed by atoms with van der Waals surface area (Å²) in [5, 5.41) is 17.0. The predicted molar refractivity (Wildman–Crippen MR) is 103 cm³/mol. The number of anilines is 1. The molecule has 142 valence electrons. The third-order valence-electron chi connectivity index (χ3n) is 3.90. The number of amides is 1. The lowest BCUT2D eigenvalue weighted by atomic mass is 10.0. The van der Waals surface area contributed by atoms with Gasteiger partial charge in [-0.15, -0.1) is 0 Å². The number of hydrogen-bond donors (Lipinski definition) is 2. The summed E-state index contributed by atoms with van der Waals surface area (Å²) in [6.45, 7) is 3.88. The number of pyridine rings is 1. The Morgan fingerprint density at radius 2 is 2.07 bits per heavy atom. The Hall–Kier alpha value is -2.51.